The lowest BCUT2D eigenvalue weighted by Crippen LogP contribution is -2.43. The van der Waals surface area contributed by atoms with Crippen LogP contribution in [0.15, 0.2) is 30.3 Å². The number of ether oxygens (including phenoxy) is 2. The molecule has 0 spiro atoms. The molecule has 1 aromatic carbocycles. The molecule has 156 valence electrons. The fourth-order valence-corrected chi connectivity index (χ4v) is 3.47. The van der Waals surface area contributed by atoms with E-state index in [0.717, 1.165) is 18.4 Å². The lowest BCUT2D eigenvalue weighted by atomic mass is 9.86. The predicted molar refractivity (Wildman–Crippen MR) is 104 cm³/mol. The zero-order valence-electron chi connectivity index (χ0n) is 17.2. The van der Waals surface area contributed by atoms with Gasteiger partial charge in [-0.25, -0.2) is 4.79 Å². The zero-order chi connectivity index (χ0) is 21.0. The molecule has 2 heterocycles. The SMILES string of the molecule is CC(=O)Oc1nnn(C(c2ccccc2)C2CCN(C(=O)OC(C)(C)C)CC2)n1. The molecule has 0 radical (unpaired) electrons. The Morgan fingerprint density at radius 3 is 2.38 bits per heavy atom. The van der Waals surface area contributed by atoms with Crippen molar-refractivity contribution in [1.29, 1.82) is 0 Å². The molecule has 1 saturated heterocycles. The molecule has 0 saturated carbocycles. The molecule has 1 atom stereocenters. The van der Waals surface area contributed by atoms with Crippen molar-refractivity contribution in [2.24, 2.45) is 5.92 Å². The Bertz CT molecular complexity index is 838. The van der Waals surface area contributed by atoms with Crippen molar-refractivity contribution in [3.05, 3.63) is 35.9 Å². The average Bonchev–Trinajstić information content (AvgIpc) is 3.09. The van der Waals surface area contributed by atoms with Gasteiger partial charge >= 0.3 is 18.1 Å². The summed E-state index contributed by atoms with van der Waals surface area (Å²) in [6.45, 7) is 8.06. The molecule has 2 aromatic rings. The van der Waals surface area contributed by atoms with Crippen LogP contribution in [-0.4, -0.2) is 55.9 Å². The number of carbonyl (C=O) groups excluding carboxylic acids is 2. The standard InChI is InChI=1S/C20H27N5O4/c1-14(26)28-18-21-23-25(22-18)17(15-8-6-5-7-9-15)16-10-12-24(13-11-16)19(27)29-20(2,3)4/h5-9,16-17H,10-13H2,1-4H3. The molecule has 0 aliphatic carbocycles. The number of rotatable bonds is 4. The van der Waals surface area contributed by atoms with E-state index in [9.17, 15) is 9.59 Å². The van der Waals surface area contributed by atoms with E-state index in [1.54, 1.807) is 4.90 Å². The summed E-state index contributed by atoms with van der Waals surface area (Å²) in [4.78, 5) is 26.8. The molecule has 1 aliphatic rings. The van der Waals surface area contributed by atoms with Crippen LogP contribution in [0.2, 0.25) is 0 Å². The number of tetrazole rings is 1. The third kappa shape index (κ3) is 5.52. The van der Waals surface area contributed by atoms with Gasteiger partial charge in [-0.05, 0) is 50.3 Å². The summed E-state index contributed by atoms with van der Waals surface area (Å²) in [5, 5.41) is 12.2. The van der Waals surface area contributed by atoms with Crippen LogP contribution in [-0.2, 0) is 9.53 Å². The van der Waals surface area contributed by atoms with E-state index in [4.69, 9.17) is 9.47 Å². The van der Waals surface area contributed by atoms with Crippen LogP contribution in [0.3, 0.4) is 0 Å². The molecule has 1 unspecified atom stereocenters. The Kier molecular flexibility index (Phi) is 6.14. The summed E-state index contributed by atoms with van der Waals surface area (Å²) in [5.74, 6) is -0.304. The minimum absolute atomic E-state index is 0.0652. The minimum Gasteiger partial charge on any atom is -0.444 e. The van der Waals surface area contributed by atoms with Crippen molar-refractivity contribution in [3.8, 4) is 6.01 Å². The Morgan fingerprint density at radius 1 is 1.14 bits per heavy atom. The summed E-state index contributed by atoms with van der Waals surface area (Å²) in [5.41, 5.74) is 0.521. The topological polar surface area (TPSA) is 99.4 Å². The van der Waals surface area contributed by atoms with Crippen LogP contribution in [0.4, 0.5) is 4.79 Å². The van der Waals surface area contributed by atoms with Crippen LogP contribution in [0, 0.1) is 5.92 Å². The summed E-state index contributed by atoms with van der Waals surface area (Å²) < 4.78 is 10.4. The molecule has 29 heavy (non-hydrogen) atoms. The van der Waals surface area contributed by atoms with Gasteiger partial charge in [-0.15, -0.1) is 0 Å². The predicted octanol–water partition coefficient (Wildman–Crippen LogP) is 2.83. The number of piperidine rings is 1. The van der Waals surface area contributed by atoms with Gasteiger partial charge < -0.3 is 14.4 Å². The van der Waals surface area contributed by atoms with Crippen LogP contribution >= 0.6 is 0 Å². The Hall–Kier alpha value is -2.97. The maximum absolute atomic E-state index is 12.4. The van der Waals surface area contributed by atoms with Gasteiger partial charge in [0.25, 0.3) is 0 Å². The first-order chi connectivity index (χ1) is 13.7. The Labute approximate surface area is 170 Å². The first-order valence-corrected chi connectivity index (χ1v) is 9.74. The number of esters is 1. The number of likely N-dealkylation sites (tertiary alicyclic amines) is 1. The molecule has 1 fully saturated rings. The van der Waals surface area contributed by atoms with Gasteiger partial charge in [0.2, 0.25) is 0 Å². The number of benzene rings is 1. The molecule has 3 rings (SSSR count). The second kappa shape index (κ2) is 8.59. The van der Waals surface area contributed by atoms with E-state index >= 15 is 0 Å². The highest BCUT2D eigenvalue weighted by Gasteiger charge is 2.33. The smallest absolute Gasteiger partial charge is 0.410 e. The molecule has 1 aromatic heterocycles. The number of carbonyl (C=O) groups is 2. The van der Waals surface area contributed by atoms with E-state index < -0.39 is 11.6 Å². The van der Waals surface area contributed by atoms with Gasteiger partial charge in [0.1, 0.15) is 11.6 Å². The lowest BCUT2D eigenvalue weighted by molar-refractivity contribution is -0.132. The highest BCUT2D eigenvalue weighted by Crippen LogP contribution is 2.33. The van der Waals surface area contributed by atoms with E-state index in [-0.39, 0.29) is 24.1 Å². The number of aromatic nitrogens is 4. The van der Waals surface area contributed by atoms with Gasteiger partial charge in [0.15, 0.2) is 0 Å². The molecule has 1 amide bonds. The fourth-order valence-electron chi connectivity index (χ4n) is 3.47. The zero-order valence-corrected chi connectivity index (χ0v) is 17.2. The molecular weight excluding hydrogens is 374 g/mol. The van der Waals surface area contributed by atoms with Crippen molar-refractivity contribution in [1.82, 2.24) is 25.1 Å². The molecule has 9 nitrogen and oxygen atoms in total. The normalized spacial score (nSPS) is 16.3. The summed E-state index contributed by atoms with van der Waals surface area (Å²) in [7, 11) is 0. The highest BCUT2D eigenvalue weighted by atomic mass is 16.6. The third-order valence-corrected chi connectivity index (χ3v) is 4.67. The quantitative estimate of drug-likeness (QED) is 0.726. The van der Waals surface area contributed by atoms with Gasteiger partial charge in [0.05, 0.1) is 0 Å². The molecule has 1 aliphatic heterocycles. The monoisotopic (exact) mass is 401 g/mol. The molecule has 0 bridgehead atoms. The van der Waals surface area contributed by atoms with Crippen LogP contribution in [0.1, 0.15) is 52.1 Å². The van der Waals surface area contributed by atoms with E-state index in [1.807, 2.05) is 51.1 Å². The van der Waals surface area contributed by atoms with Crippen molar-refractivity contribution in [2.45, 2.75) is 52.2 Å². The number of nitrogens with zero attached hydrogens (tertiary/aromatic N) is 5. The van der Waals surface area contributed by atoms with E-state index in [2.05, 4.69) is 15.4 Å². The summed E-state index contributed by atoms with van der Waals surface area (Å²) >= 11 is 0. The van der Waals surface area contributed by atoms with E-state index in [1.165, 1.54) is 11.7 Å². The summed E-state index contributed by atoms with van der Waals surface area (Å²) in [6, 6.07) is 9.66. The van der Waals surface area contributed by atoms with Crippen LogP contribution in [0.25, 0.3) is 0 Å². The van der Waals surface area contributed by atoms with Crippen LogP contribution < -0.4 is 4.74 Å². The number of amides is 1. The summed E-state index contributed by atoms with van der Waals surface area (Å²) in [6.07, 6.45) is 1.25. The maximum Gasteiger partial charge on any atom is 0.410 e. The number of hydrogen-bond acceptors (Lipinski definition) is 7. The van der Waals surface area contributed by atoms with Gasteiger partial charge in [-0.2, -0.15) is 4.80 Å². The third-order valence-electron chi connectivity index (χ3n) is 4.67. The first-order valence-electron chi connectivity index (χ1n) is 9.74. The lowest BCUT2D eigenvalue weighted by Gasteiger charge is -2.36. The van der Waals surface area contributed by atoms with E-state index in [0.29, 0.717) is 13.1 Å². The van der Waals surface area contributed by atoms with Crippen molar-refractivity contribution in [2.75, 3.05) is 13.1 Å². The van der Waals surface area contributed by atoms with Crippen molar-refractivity contribution < 1.29 is 19.1 Å². The van der Waals surface area contributed by atoms with Crippen LogP contribution in [0.5, 0.6) is 6.01 Å². The van der Waals surface area contributed by atoms with Gasteiger partial charge in [-0.1, -0.05) is 40.5 Å². The molecule has 0 N–H and O–H groups in total. The number of hydrogen-bond donors (Lipinski definition) is 0. The average molecular weight is 401 g/mol. The fraction of sp³-hybridized carbons (Fsp3) is 0.550. The van der Waals surface area contributed by atoms with Crippen molar-refractivity contribution >= 4 is 12.1 Å². The molecular formula is C20H27N5O4. The van der Waals surface area contributed by atoms with Gasteiger partial charge in [0, 0.05) is 20.0 Å². The second-order valence-electron chi connectivity index (χ2n) is 8.15. The highest BCUT2D eigenvalue weighted by molar-refractivity contribution is 5.68. The largest absolute Gasteiger partial charge is 0.444 e. The van der Waals surface area contributed by atoms with Gasteiger partial charge in [-0.3, -0.25) is 4.79 Å². The molecule has 9 heteroatoms. The second-order valence-corrected chi connectivity index (χ2v) is 8.15. The Morgan fingerprint density at radius 2 is 1.79 bits per heavy atom. The Balaban J connectivity index is 1.76. The maximum atomic E-state index is 12.4. The van der Waals surface area contributed by atoms with Crippen molar-refractivity contribution in [3.63, 3.8) is 0 Å². The first kappa shape index (κ1) is 20.8. The minimum atomic E-state index is -0.516.